The van der Waals surface area contributed by atoms with Crippen molar-refractivity contribution in [1.82, 2.24) is 10.3 Å². The summed E-state index contributed by atoms with van der Waals surface area (Å²) in [4.78, 5) is 45.0. The first kappa shape index (κ1) is 31.0. The maximum atomic E-state index is 13.6. The molecule has 4 aromatic carbocycles. The summed E-state index contributed by atoms with van der Waals surface area (Å²) in [5.41, 5.74) is 5.48. The largest absolute Gasteiger partial charge is 0.325 e. The first-order valence-electron chi connectivity index (χ1n) is 14.3. The molecule has 5 rings (SSSR count). The molecule has 7 nitrogen and oxygen atoms in total. The van der Waals surface area contributed by atoms with Crippen molar-refractivity contribution >= 4 is 46.9 Å². The maximum absolute atomic E-state index is 13.6. The number of nitrogens with one attached hydrogen (secondary N) is 3. The van der Waals surface area contributed by atoms with Gasteiger partial charge in [0.05, 0.1) is 0 Å². The molecule has 1 unspecified atom stereocenters. The van der Waals surface area contributed by atoms with E-state index in [-0.39, 0.29) is 11.6 Å². The van der Waals surface area contributed by atoms with Gasteiger partial charge in [-0.15, -0.1) is 11.8 Å². The number of rotatable bonds is 10. The Hall–Kier alpha value is -5.47. The van der Waals surface area contributed by atoms with Crippen LogP contribution in [0, 0.1) is 13.8 Å². The third-order valence-corrected chi connectivity index (χ3v) is 8.23. The van der Waals surface area contributed by atoms with E-state index in [4.69, 9.17) is 0 Å². The average Bonchev–Trinajstić information content (AvgIpc) is 3.06. The zero-order valence-electron chi connectivity index (χ0n) is 24.9. The van der Waals surface area contributed by atoms with Crippen LogP contribution in [0.5, 0.6) is 0 Å². The number of benzene rings is 4. The van der Waals surface area contributed by atoms with Crippen LogP contribution in [0.1, 0.15) is 37.9 Å². The van der Waals surface area contributed by atoms with E-state index in [0.717, 1.165) is 27.3 Å². The highest BCUT2D eigenvalue weighted by molar-refractivity contribution is 8.00. The smallest absolute Gasteiger partial charge is 0.272 e. The topological polar surface area (TPSA) is 100 Å². The Morgan fingerprint density at radius 1 is 0.733 bits per heavy atom. The number of aromatic nitrogens is 1. The van der Waals surface area contributed by atoms with Crippen LogP contribution in [0.4, 0.5) is 11.4 Å². The van der Waals surface area contributed by atoms with Gasteiger partial charge >= 0.3 is 0 Å². The normalized spacial score (nSPS) is 11.7. The lowest BCUT2D eigenvalue weighted by Gasteiger charge is -2.18. The summed E-state index contributed by atoms with van der Waals surface area (Å²) in [7, 11) is 0. The lowest BCUT2D eigenvalue weighted by atomic mass is 10.1. The quantitative estimate of drug-likeness (QED) is 0.112. The highest BCUT2D eigenvalue weighted by Crippen LogP contribution is 2.37. The molecule has 45 heavy (non-hydrogen) atoms. The summed E-state index contributed by atoms with van der Waals surface area (Å²) >= 11 is 1.38. The lowest BCUT2D eigenvalue weighted by molar-refractivity contribution is -0.116. The van der Waals surface area contributed by atoms with Crippen LogP contribution >= 0.6 is 11.8 Å². The predicted octanol–water partition coefficient (Wildman–Crippen LogP) is 7.58. The number of carbonyl (C=O) groups excluding carboxylic acids is 3. The van der Waals surface area contributed by atoms with Crippen LogP contribution in [0.3, 0.4) is 0 Å². The molecule has 0 saturated carbocycles. The Morgan fingerprint density at radius 3 is 2.18 bits per heavy atom. The van der Waals surface area contributed by atoms with E-state index in [9.17, 15) is 14.4 Å². The van der Waals surface area contributed by atoms with Crippen molar-refractivity contribution in [2.75, 3.05) is 10.6 Å². The minimum absolute atomic E-state index is 0.0600. The van der Waals surface area contributed by atoms with Gasteiger partial charge in [0.1, 0.15) is 10.9 Å². The molecule has 224 valence electrons. The van der Waals surface area contributed by atoms with Crippen LogP contribution < -0.4 is 16.0 Å². The molecule has 0 aliphatic carbocycles. The minimum atomic E-state index is -0.551. The molecular formula is C37H32N4O3S. The van der Waals surface area contributed by atoms with Crippen molar-refractivity contribution in [2.45, 2.75) is 24.0 Å². The standard InChI is InChI=1S/C37H32N4O3S/c1-25-18-19-31(21-26(25)2)40-37(44)34(28-12-5-3-6-13-28)45-32-17-9-16-30(23-32)39-36(43)33(22-27-11-10-20-38-24-27)41-35(42)29-14-7-4-8-15-29/h3-24,34H,1-2H3,(H,39,43)(H,40,44)(H,41,42)/b33-22-. The number of nitrogens with zero attached hydrogens (tertiary/aromatic N) is 1. The number of anilines is 2. The third-order valence-electron chi connectivity index (χ3n) is 6.98. The number of amides is 3. The van der Waals surface area contributed by atoms with Gasteiger partial charge < -0.3 is 16.0 Å². The number of hydrogen-bond acceptors (Lipinski definition) is 5. The van der Waals surface area contributed by atoms with Gasteiger partial charge in [0, 0.05) is 34.2 Å². The molecule has 1 heterocycles. The molecule has 0 spiro atoms. The van der Waals surface area contributed by atoms with Gasteiger partial charge in [-0.3, -0.25) is 19.4 Å². The lowest BCUT2D eigenvalue weighted by Crippen LogP contribution is -2.30. The predicted molar refractivity (Wildman–Crippen MR) is 181 cm³/mol. The number of hydrogen-bond donors (Lipinski definition) is 3. The zero-order chi connectivity index (χ0) is 31.6. The van der Waals surface area contributed by atoms with E-state index in [1.165, 1.54) is 11.8 Å². The van der Waals surface area contributed by atoms with Crippen LogP contribution in [-0.4, -0.2) is 22.7 Å². The van der Waals surface area contributed by atoms with Gasteiger partial charge in [0.15, 0.2) is 0 Å². The van der Waals surface area contributed by atoms with E-state index in [1.807, 2.05) is 86.6 Å². The van der Waals surface area contributed by atoms with Crippen LogP contribution in [0.2, 0.25) is 0 Å². The number of pyridine rings is 1. The Labute approximate surface area is 266 Å². The van der Waals surface area contributed by atoms with Crippen LogP contribution in [-0.2, 0) is 9.59 Å². The molecule has 5 aromatic rings. The van der Waals surface area contributed by atoms with Crippen molar-refractivity contribution < 1.29 is 14.4 Å². The van der Waals surface area contributed by atoms with Crippen molar-refractivity contribution in [3.63, 3.8) is 0 Å². The molecule has 0 aliphatic rings. The molecule has 1 aromatic heterocycles. The molecule has 0 fully saturated rings. The van der Waals surface area contributed by atoms with Crippen molar-refractivity contribution in [2.24, 2.45) is 0 Å². The summed E-state index contributed by atoms with van der Waals surface area (Å²) in [6.45, 7) is 4.04. The van der Waals surface area contributed by atoms with E-state index < -0.39 is 17.1 Å². The molecule has 0 radical (unpaired) electrons. The van der Waals surface area contributed by atoms with Gasteiger partial charge in [0.25, 0.3) is 11.8 Å². The SMILES string of the molecule is Cc1ccc(NC(=O)C(Sc2cccc(NC(=O)/C(=C/c3cccnc3)NC(=O)c3ccccc3)c2)c2ccccc2)cc1C. The molecule has 0 bridgehead atoms. The van der Waals surface area contributed by atoms with Crippen molar-refractivity contribution in [1.29, 1.82) is 0 Å². The van der Waals surface area contributed by atoms with Gasteiger partial charge in [-0.25, -0.2) is 0 Å². The maximum Gasteiger partial charge on any atom is 0.272 e. The average molecular weight is 613 g/mol. The van der Waals surface area contributed by atoms with Crippen LogP contribution in [0.15, 0.2) is 138 Å². The van der Waals surface area contributed by atoms with Crippen molar-refractivity contribution in [3.8, 4) is 0 Å². The summed E-state index contributed by atoms with van der Waals surface area (Å²) in [6, 6.07) is 34.9. The first-order valence-corrected chi connectivity index (χ1v) is 15.2. The fourth-order valence-corrected chi connectivity index (χ4v) is 5.56. The van der Waals surface area contributed by atoms with E-state index >= 15 is 0 Å². The molecule has 0 aliphatic heterocycles. The van der Waals surface area contributed by atoms with Gasteiger partial charge in [0.2, 0.25) is 5.91 Å². The highest BCUT2D eigenvalue weighted by Gasteiger charge is 2.23. The fourth-order valence-electron chi connectivity index (χ4n) is 4.48. The summed E-state index contributed by atoms with van der Waals surface area (Å²) in [5, 5.41) is 8.15. The molecular weight excluding hydrogens is 580 g/mol. The Bertz CT molecular complexity index is 1830. The second-order valence-electron chi connectivity index (χ2n) is 10.3. The summed E-state index contributed by atoms with van der Waals surface area (Å²) < 4.78 is 0. The fraction of sp³-hybridized carbons (Fsp3) is 0.0811. The monoisotopic (exact) mass is 612 g/mol. The minimum Gasteiger partial charge on any atom is -0.325 e. The molecule has 3 amide bonds. The van der Waals surface area contributed by atoms with Gasteiger partial charge in [-0.1, -0.05) is 66.7 Å². The van der Waals surface area contributed by atoms with E-state index in [1.54, 1.807) is 60.9 Å². The van der Waals surface area contributed by atoms with Gasteiger partial charge in [-0.05, 0) is 90.7 Å². The summed E-state index contributed by atoms with van der Waals surface area (Å²) in [5.74, 6) is -1.07. The molecule has 1 atom stereocenters. The number of carbonyl (C=O) groups is 3. The second kappa shape index (κ2) is 14.8. The first-order chi connectivity index (χ1) is 21.9. The Kier molecular flexibility index (Phi) is 10.2. The van der Waals surface area contributed by atoms with E-state index in [0.29, 0.717) is 16.8 Å². The Balaban J connectivity index is 1.36. The Morgan fingerprint density at radius 2 is 1.47 bits per heavy atom. The van der Waals surface area contributed by atoms with Crippen molar-refractivity contribution in [3.05, 3.63) is 161 Å². The van der Waals surface area contributed by atoms with Crippen LogP contribution in [0.25, 0.3) is 6.08 Å². The number of aryl methyl sites for hydroxylation is 2. The number of thioether (sulfide) groups is 1. The highest BCUT2D eigenvalue weighted by atomic mass is 32.2. The molecule has 8 heteroatoms. The third kappa shape index (κ3) is 8.55. The zero-order valence-corrected chi connectivity index (χ0v) is 25.7. The van der Waals surface area contributed by atoms with E-state index in [2.05, 4.69) is 20.9 Å². The molecule has 3 N–H and O–H groups in total. The van der Waals surface area contributed by atoms with Gasteiger partial charge in [-0.2, -0.15) is 0 Å². The second-order valence-corrected chi connectivity index (χ2v) is 11.5. The molecule has 0 saturated heterocycles. The summed E-state index contributed by atoms with van der Waals surface area (Å²) in [6.07, 6.45) is 4.81.